The van der Waals surface area contributed by atoms with Crippen molar-refractivity contribution >= 4 is 70.3 Å². The number of nitrogens with zero attached hydrogens (tertiary/aromatic N) is 2. The summed E-state index contributed by atoms with van der Waals surface area (Å²) in [6, 6.07) is 40.8. The van der Waals surface area contributed by atoms with Gasteiger partial charge in [0.15, 0.2) is 0 Å². The fraction of sp³-hybridized carbons (Fsp3) is 0.128. The number of rotatable bonds is 5. The second kappa shape index (κ2) is 11.5. The first-order chi connectivity index (χ1) is 24.6. The van der Waals surface area contributed by atoms with Gasteiger partial charge in [-0.25, -0.2) is 0 Å². The minimum atomic E-state index is 0.285. The highest BCUT2D eigenvalue weighted by Gasteiger charge is 2.41. The Morgan fingerprint density at radius 1 is 0.620 bits per heavy atom. The highest BCUT2D eigenvalue weighted by Crippen LogP contribution is 2.41. The van der Waals surface area contributed by atoms with Crippen molar-refractivity contribution in [2.75, 3.05) is 0 Å². The van der Waals surface area contributed by atoms with E-state index in [2.05, 4.69) is 181 Å². The summed E-state index contributed by atoms with van der Waals surface area (Å²) < 4.78 is 7.69. The van der Waals surface area contributed by atoms with Crippen molar-refractivity contribution in [2.45, 2.75) is 20.3 Å². The molecule has 3 heteroatoms. The van der Waals surface area contributed by atoms with Gasteiger partial charge in [-0.05, 0) is 76.9 Å². The minimum absolute atomic E-state index is 0.285. The summed E-state index contributed by atoms with van der Waals surface area (Å²) in [6.45, 7) is 4.67. The highest BCUT2D eigenvalue weighted by atomic mass is 32.1. The van der Waals surface area contributed by atoms with E-state index >= 15 is 0 Å². The average molecular weight is 662 g/mol. The van der Waals surface area contributed by atoms with Gasteiger partial charge in [0, 0.05) is 36.5 Å². The quantitative estimate of drug-likeness (QED) is 0.162. The van der Waals surface area contributed by atoms with Gasteiger partial charge in [0.2, 0.25) is 11.4 Å². The summed E-state index contributed by atoms with van der Waals surface area (Å²) in [5, 5.41) is 5.24. The molecular weight excluding hydrogens is 625 g/mol. The molecule has 10 rings (SSSR count). The van der Waals surface area contributed by atoms with E-state index in [1.165, 1.54) is 81.2 Å². The van der Waals surface area contributed by atoms with Crippen LogP contribution in [0.3, 0.4) is 0 Å². The van der Waals surface area contributed by atoms with Crippen LogP contribution >= 0.6 is 11.3 Å². The molecule has 7 aromatic rings. The zero-order chi connectivity index (χ0) is 33.3. The van der Waals surface area contributed by atoms with Crippen LogP contribution in [0.2, 0.25) is 0 Å². The average Bonchev–Trinajstić information content (AvgIpc) is 3.67. The van der Waals surface area contributed by atoms with E-state index in [-0.39, 0.29) is 5.92 Å². The fourth-order valence-electron chi connectivity index (χ4n) is 8.32. The summed E-state index contributed by atoms with van der Waals surface area (Å²) in [6.07, 6.45) is 19.4. The third-order valence-electron chi connectivity index (χ3n) is 11.0. The van der Waals surface area contributed by atoms with Gasteiger partial charge >= 0.3 is 0 Å². The molecule has 0 amide bonds. The van der Waals surface area contributed by atoms with E-state index < -0.39 is 0 Å². The van der Waals surface area contributed by atoms with Gasteiger partial charge in [-0.2, -0.15) is 0 Å². The first-order valence-electron chi connectivity index (χ1n) is 17.8. The fourth-order valence-corrected chi connectivity index (χ4v) is 9.47. The number of benzene rings is 5. The Labute approximate surface area is 296 Å². The van der Waals surface area contributed by atoms with E-state index in [0.717, 1.165) is 6.42 Å². The number of allylic oxidation sites excluding steroid dienone is 9. The van der Waals surface area contributed by atoms with Crippen molar-refractivity contribution < 1.29 is 4.68 Å². The van der Waals surface area contributed by atoms with Crippen LogP contribution in [-0.4, -0.2) is 15.1 Å². The van der Waals surface area contributed by atoms with Crippen molar-refractivity contribution in [1.29, 1.82) is 0 Å². The van der Waals surface area contributed by atoms with E-state index in [1.807, 2.05) is 11.3 Å². The maximum Gasteiger partial charge on any atom is 0.250 e. The first-order valence-corrected chi connectivity index (χ1v) is 18.6. The number of fused-ring (bicyclic) bond motifs is 6. The molecule has 0 N–H and O–H groups in total. The molecule has 3 heterocycles. The van der Waals surface area contributed by atoms with Gasteiger partial charge in [-0.3, -0.25) is 0 Å². The molecule has 3 aliphatic rings. The number of hydrogen-bond acceptors (Lipinski definition) is 1. The van der Waals surface area contributed by atoms with Gasteiger partial charge in [-0.15, -0.1) is 16.0 Å². The van der Waals surface area contributed by atoms with E-state index in [4.69, 9.17) is 0 Å². The van der Waals surface area contributed by atoms with Crippen molar-refractivity contribution in [3.8, 4) is 11.1 Å². The number of aromatic nitrogens is 1. The van der Waals surface area contributed by atoms with Gasteiger partial charge in [-0.1, -0.05) is 134 Å². The second-order valence-electron chi connectivity index (χ2n) is 14.1. The summed E-state index contributed by atoms with van der Waals surface area (Å²) in [5.74, 6) is 1.18. The molecule has 2 nitrogen and oxygen atoms in total. The van der Waals surface area contributed by atoms with Crippen molar-refractivity contribution in [3.63, 3.8) is 0 Å². The molecule has 0 saturated heterocycles. The summed E-state index contributed by atoms with van der Waals surface area (Å²) in [7, 11) is 0. The van der Waals surface area contributed by atoms with E-state index in [1.54, 1.807) is 0 Å². The molecule has 3 atom stereocenters. The van der Waals surface area contributed by atoms with Gasteiger partial charge < -0.3 is 0 Å². The smallest absolute Gasteiger partial charge is 0.135 e. The molecule has 2 aliphatic carbocycles. The summed E-state index contributed by atoms with van der Waals surface area (Å²) in [5.41, 5.74) is 11.4. The van der Waals surface area contributed by atoms with E-state index in [0.29, 0.717) is 11.8 Å². The molecular formula is C47H37N2S+. The van der Waals surface area contributed by atoms with Crippen LogP contribution in [-0.2, 0) is 0 Å². The molecule has 240 valence electrons. The van der Waals surface area contributed by atoms with Crippen LogP contribution < -0.4 is 0 Å². The zero-order valence-electron chi connectivity index (χ0n) is 28.3. The predicted octanol–water partition coefficient (Wildman–Crippen LogP) is 12.5. The number of thiophene rings is 1. The lowest BCUT2D eigenvalue weighted by Gasteiger charge is -2.26. The van der Waals surface area contributed by atoms with Crippen molar-refractivity contribution in [1.82, 2.24) is 4.68 Å². The standard InChI is InChI=1S/C47H37N2S/c1-30-12-3-5-16-36(30)34-23-24-39-38-18-7-9-20-42(38)48(44(39)27-34)49-43(29-45(49)37-17-6-4-13-31(37)2)35-15-11-14-32(26-35)33-22-25-41-40-19-8-10-21-46(40)50-47(41)28-33/h3-11,13-31,37H,12H2,1-2H3/q+1. The summed E-state index contributed by atoms with van der Waals surface area (Å²) in [4.78, 5) is 0. The Bertz CT molecular complexity index is 2720. The lowest BCUT2D eigenvalue weighted by molar-refractivity contribution is -0.498. The minimum Gasteiger partial charge on any atom is -0.135 e. The Kier molecular flexibility index (Phi) is 6.79. The molecule has 0 spiro atoms. The first kappa shape index (κ1) is 29.4. The Hall–Kier alpha value is -5.51. The molecule has 3 unspecified atom stereocenters. The second-order valence-corrected chi connectivity index (χ2v) is 15.1. The highest BCUT2D eigenvalue weighted by molar-refractivity contribution is 7.25. The normalized spacial score (nSPS) is 20.2. The third-order valence-corrected chi connectivity index (χ3v) is 12.1. The number of para-hydroxylation sites is 1. The molecule has 1 aliphatic heterocycles. The topological polar surface area (TPSA) is 7.94 Å². The lowest BCUT2D eigenvalue weighted by Crippen LogP contribution is -2.38. The van der Waals surface area contributed by atoms with Crippen molar-refractivity contribution in [2.24, 2.45) is 17.8 Å². The third kappa shape index (κ3) is 4.57. The van der Waals surface area contributed by atoms with Crippen LogP contribution in [0.1, 0.15) is 31.4 Å². The monoisotopic (exact) mass is 661 g/mol. The van der Waals surface area contributed by atoms with Crippen LogP contribution in [0.15, 0.2) is 158 Å². The van der Waals surface area contributed by atoms with Crippen molar-refractivity contribution in [3.05, 3.63) is 169 Å². The Morgan fingerprint density at radius 2 is 1.36 bits per heavy atom. The Balaban J connectivity index is 1.15. The van der Waals surface area contributed by atoms with Gasteiger partial charge in [0.25, 0.3) is 0 Å². The van der Waals surface area contributed by atoms with Crippen LogP contribution in [0.4, 0.5) is 0 Å². The zero-order valence-corrected chi connectivity index (χ0v) is 29.1. The van der Waals surface area contributed by atoms with Gasteiger partial charge in [0.1, 0.15) is 11.0 Å². The molecule has 0 fully saturated rings. The van der Waals surface area contributed by atoms with E-state index in [9.17, 15) is 0 Å². The molecule has 5 aromatic carbocycles. The number of hydrogen-bond donors (Lipinski definition) is 0. The van der Waals surface area contributed by atoms with Gasteiger partial charge in [0.05, 0.1) is 12.0 Å². The maximum atomic E-state index is 2.52. The molecule has 0 saturated carbocycles. The summed E-state index contributed by atoms with van der Waals surface area (Å²) >= 11 is 1.88. The van der Waals surface area contributed by atoms with Crippen LogP contribution in [0.5, 0.6) is 0 Å². The molecule has 0 bridgehead atoms. The Morgan fingerprint density at radius 3 is 2.26 bits per heavy atom. The van der Waals surface area contributed by atoms with Crippen LogP contribution in [0.25, 0.3) is 64.4 Å². The lowest BCUT2D eigenvalue weighted by atomic mass is 9.83. The SMILES string of the molecule is CC1CC=CC=C1c1ccc2c3ccccc3n([N+]3=C(C4C=CC=CC4C)C=C3c3cccc(-c4ccc5c(c4)sc4ccccc45)c3)c2c1. The molecule has 2 aromatic heterocycles. The van der Waals surface area contributed by atoms with Crippen LogP contribution in [0, 0.1) is 17.8 Å². The predicted molar refractivity (Wildman–Crippen MR) is 215 cm³/mol. The molecule has 50 heavy (non-hydrogen) atoms. The largest absolute Gasteiger partial charge is 0.250 e. The molecule has 0 radical (unpaired) electrons. The maximum absolute atomic E-state index is 2.52.